The fourth-order valence-electron chi connectivity index (χ4n) is 2.02. The quantitative estimate of drug-likeness (QED) is 0.502. The monoisotopic (exact) mass is 137 g/mol. The van der Waals surface area contributed by atoms with Crippen molar-refractivity contribution >= 4 is 0 Å². The highest BCUT2D eigenvalue weighted by atomic mass is 14.9. The molecule has 2 aliphatic rings. The maximum absolute atomic E-state index is 3.43. The fourth-order valence-corrected chi connectivity index (χ4v) is 2.02. The van der Waals surface area contributed by atoms with E-state index in [1.54, 1.807) is 11.1 Å². The van der Waals surface area contributed by atoms with Crippen molar-refractivity contribution in [3.63, 3.8) is 0 Å². The molecule has 0 saturated carbocycles. The third kappa shape index (κ3) is 1.10. The Morgan fingerprint density at radius 1 is 0.900 bits per heavy atom. The van der Waals surface area contributed by atoms with Crippen molar-refractivity contribution in [2.24, 2.45) is 0 Å². The van der Waals surface area contributed by atoms with Gasteiger partial charge >= 0.3 is 0 Å². The van der Waals surface area contributed by atoms with Crippen molar-refractivity contribution in [3.8, 4) is 0 Å². The first-order valence-corrected chi connectivity index (χ1v) is 4.37. The molecule has 0 aromatic rings. The number of hydrogen-bond acceptors (Lipinski definition) is 1. The Balaban J connectivity index is 2.14. The van der Waals surface area contributed by atoms with E-state index in [4.69, 9.17) is 0 Å². The summed E-state index contributed by atoms with van der Waals surface area (Å²) in [6.07, 6.45) is 6.98. The lowest BCUT2D eigenvalue weighted by molar-refractivity contribution is 0.566. The number of nitrogens with one attached hydrogen (secondary N) is 1. The van der Waals surface area contributed by atoms with E-state index in [9.17, 15) is 0 Å². The molecule has 2 rings (SSSR count). The van der Waals surface area contributed by atoms with Crippen molar-refractivity contribution in [1.82, 2.24) is 5.32 Å². The zero-order valence-corrected chi connectivity index (χ0v) is 6.45. The summed E-state index contributed by atoms with van der Waals surface area (Å²) < 4.78 is 0. The SMILES string of the molecule is C1CCC2=C(C1)CCNC2. The second kappa shape index (κ2) is 2.75. The maximum atomic E-state index is 3.43. The van der Waals surface area contributed by atoms with E-state index in [2.05, 4.69) is 5.32 Å². The Bertz CT molecular complexity index is 124. The predicted molar refractivity (Wildman–Crippen MR) is 43.0 cm³/mol. The van der Waals surface area contributed by atoms with Crippen molar-refractivity contribution in [2.75, 3.05) is 13.1 Å². The lowest BCUT2D eigenvalue weighted by Crippen LogP contribution is -2.26. The predicted octanol–water partition coefficient (Wildman–Crippen LogP) is 1.85. The molecule has 0 unspecified atom stereocenters. The number of hydrogen-bond donors (Lipinski definition) is 1. The van der Waals surface area contributed by atoms with Crippen LogP contribution in [0.4, 0.5) is 0 Å². The molecular weight excluding hydrogens is 122 g/mol. The fraction of sp³-hybridized carbons (Fsp3) is 0.778. The van der Waals surface area contributed by atoms with Crippen LogP contribution >= 0.6 is 0 Å². The van der Waals surface area contributed by atoms with E-state index in [0.717, 1.165) is 0 Å². The summed E-state index contributed by atoms with van der Waals surface area (Å²) in [5.41, 5.74) is 3.52. The van der Waals surface area contributed by atoms with E-state index in [0.29, 0.717) is 0 Å². The van der Waals surface area contributed by atoms with Gasteiger partial charge in [0.1, 0.15) is 0 Å². The largest absolute Gasteiger partial charge is 0.313 e. The third-order valence-electron chi connectivity index (χ3n) is 2.65. The molecule has 0 aromatic heterocycles. The number of rotatable bonds is 0. The topological polar surface area (TPSA) is 12.0 Å². The zero-order chi connectivity index (χ0) is 6.81. The molecule has 0 atom stereocenters. The van der Waals surface area contributed by atoms with Gasteiger partial charge in [0.25, 0.3) is 0 Å². The van der Waals surface area contributed by atoms with Crippen LogP contribution in [0.2, 0.25) is 0 Å². The van der Waals surface area contributed by atoms with E-state index >= 15 is 0 Å². The van der Waals surface area contributed by atoms with Crippen LogP contribution in [0.1, 0.15) is 32.1 Å². The van der Waals surface area contributed by atoms with Crippen molar-refractivity contribution in [2.45, 2.75) is 32.1 Å². The maximum Gasteiger partial charge on any atom is 0.0167 e. The molecule has 1 aliphatic heterocycles. The molecule has 1 N–H and O–H groups in total. The molecule has 0 radical (unpaired) electrons. The third-order valence-corrected chi connectivity index (χ3v) is 2.65. The highest BCUT2D eigenvalue weighted by Crippen LogP contribution is 2.27. The van der Waals surface area contributed by atoms with Gasteiger partial charge in [-0.3, -0.25) is 0 Å². The van der Waals surface area contributed by atoms with Crippen LogP contribution in [-0.4, -0.2) is 13.1 Å². The Morgan fingerprint density at radius 2 is 1.70 bits per heavy atom. The average molecular weight is 137 g/mol. The molecule has 10 heavy (non-hydrogen) atoms. The molecule has 1 nitrogen and oxygen atoms in total. The van der Waals surface area contributed by atoms with Gasteiger partial charge in [0, 0.05) is 6.54 Å². The molecule has 0 saturated heterocycles. The van der Waals surface area contributed by atoms with Gasteiger partial charge in [0.2, 0.25) is 0 Å². The van der Waals surface area contributed by atoms with Crippen molar-refractivity contribution in [1.29, 1.82) is 0 Å². The molecule has 1 heterocycles. The highest BCUT2D eigenvalue weighted by Gasteiger charge is 2.14. The Labute approximate surface area is 62.5 Å². The van der Waals surface area contributed by atoms with Gasteiger partial charge in [-0.25, -0.2) is 0 Å². The van der Waals surface area contributed by atoms with Crippen LogP contribution < -0.4 is 5.32 Å². The molecule has 0 spiro atoms. The van der Waals surface area contributed by atoms with E-state index in [-0.39, 0.29) is 0 Å². The van der Waals surface area contributed by atoms with Gasteiger partial charge in [0.15, 0.2) is 0 Å². The summed E-state index contributed by atoms with van der Waals surface area (Å²) in [4.78, 5) is 0. The summed E-state index contributed by atoms with van der Waals surface area (Å²) in [6, 6.07) is 0. The van der Waals surface area contributed by atoms with Gasteiger partial charge in [0.05, 0.1) is 0 Å². The minimum atomic E-state index is 1.19. The van der Waals surface area contributed by atoms with Crippen molar-refractivity contribution < 1.29 is 0 Å². The molecule has 1 aliphatic carbocycles. The molecule has 1 heteroatoms. The van der Waals surface area contributed by atoms with Crippen LogP contribution in [-0.2, 0) is 0 Å². The minimum Gasteiger partial charge on any atom is -0.313 e. The zero-order valence-electron chi connectivity index (χ0n) is 6.45. The Morgan fingerprint density at radius 3 is 2.50 bits per heavy atom. The summed E-state index contributed by atoms with van der Waals surface area (Å²) >= 11 is 0. The standard InChI is InChI=1S/C9H15N/c1-2-4-9-7-10-6-5-8(9)3-1/h10H,1-7H2. The van der Waals surface area contributed by atoms with Gasteiger partial charge < -0.3 is 5.32 Å². The summed E-state index contributed by atoms with van der Waals surface area (Å²) in [6.45, 7) is 2.41. The normalized spacial score (nSPS) is 26.4. The lowest BCUT2D eigenvalue weighted by Gasteiger charge is -2.25. The second-order valence-corrected chi connectivity index (χ2v) is 3.34. The van der Waals surface area contributed by atoms with Gasteiger partial charge in [-0.05, 0) is 38.6 Å². The first-order valence-electron chi connectivity index (χ1n) is 4.37. The van der Waals surface area contributed by atoms with Crippen LogP contribution in [0.3, 0.4) is 0 Å². The molecule has 0 aromatic carbocycles. The Kier molecular flexibility index (Phi) is 1.76. The minimum absolute atomic E-state index is 1.19. The summed E-state index contributed by atoms with van der Waals surface area (Å²) in [5.74, 6) is 0. The first kappa shape index (κ1) is 6.41. The molecule has 0 amide bonds. The van der Waals surface area contributed by atoms with E-state index in [1.165, 1.54) is 45.2 Å². The molecule has 0 fully saturated rings. The van der Waals surface area contributed by atoms with Gasteiger partial charge in [-0.1, -0.05) is 11.1 Å². The van der Waals surface area contributed by atoms with Crippen LogP contribution in [0.25, 0.3) is 0 Å². The van der Waals surface area contributed by atoms with Gasteiger partial charge in [-0.2, -0.15) is 0 Å². The van der Waals surface area contributed by atoms with Gasteiger partial charge in [-0.15, -0.1) is 0 Å². The van der Waals surface area contributed by atoms with Crippen molar-refractivity contribution in [3.05, 3.63) is 11.1 Å². The lowest BCUT2D eigenvalue weighted by atomic mass is 9.88. The smallest absolute Gasteiger partial charge is 0.0167 e. The molecule has 56 valence electrons. The first-order chi connectivity index (χ1) is 4.97. The van der Waals surface area contributed by atoms with Crippen LogP contribution in [0.15, 0.2) is 11.1 Å². The van der Waals surface area contributed by atoms with Crippen LogP contribution in [0.5, 0.6) is 0 Å². The van der Waals surface area contributed by atoms with E-state index in [1.807, 2.05) is 0 Å². The molecule has 0 bridgehead atoms. The summed E-state index contributed by atoms with van der Waals surface area (Å²) in [7, 11) is 0. The summed E-state index contributed by atoms with van der Waals surface area (Å²) in [5, 5.41) is 3.43. The van der Waals surface area contributed by atoms with E-state index < -0.39 is 0 Å². The second-order valence-electron chi connectivity index (χ2n) is 3.34. The average Bonchev–Trinajstić information content (AvgIpc) is 2.05. The highest BCUT2D eigenvalue weighted by molar-refractivity contribution is 5.20. The molecular formula is C9H15N. The Hall–Kier alpha value is -0.300. The van der Waals surface area contributed by atoms with Crippen LogP contribution in [0, 0.1) is 0 Å².